The molecular weight excluding hydrogens is 660 g/mol. The Morgan fingerprint density at radius 3 is 2.42 bits per heavy atom. The van der Waals surface area contributed by atoms with Crippen LogP contribution in [0.1, 0.15) is 43.5 Å². The molecule has 0 spiro atoms. The van der Waals surface area contributed by atoms with Crippen LogP contribution < -0.4 is 33.8 Å². The third-order valence-corrected chi connectivity index (χ3v) is 8.67. The fourth-order valence-corrected chi connectivity index (χ4v) is 6.70. The minimum atomic E-state index is -0.789. The maximum Gasteiger partial charge on any atom is 0.338 e. The zero-order valence-electron chi connectivity index (χ0n) is 25.6. The average Bonchev–Trinajstić information content (AvgIpc) is 3.33. The molecule has 0 unspecified atom stereocenters. The molecule has 1 atom stereocenters. The van der Waals surface area contributed by atoms with Gasteiger partial charge in [0.1, 0.15) is 6.61 Å². The highest BCUT2D eigenvalue weighted by molar-refractivity contribution is 9.10. The van der Waals surface area contributed by atoms with E-state index in [9.17, 15) is 9.59 Å². The van der Waals surface area contributed by atoms with Crippen molar-refractivity contribution in [2.75, 3.05) is 27.4 Å². The Balaban J connectivity index is 1.61. The Kier molecular flexibility index (Phi) is 10.1. The Hall–Kier alpha value is -4.35. The number of benzene rings is 3. The number of hydrogen-bond donors (Lipinski definition) is 0. The number of aromatic nitrogens is 1. The van der Waals surface area contributed by atoms with Crippen molar-refractivity contribution in [2.24, 2.45) is 4.99 Å². The third-order valence-electron chi connectivity index (χ3n) is 7.10. The number of nitrogens with zero attached hydrogens (tertiary/aromatic N) is 2. The van der Waals surface area contributed by atoms with Crippen LogP contribution in [0.25, 0.3) is 6.08 Å². The summed E-state index contributed by atoms with van der Waals surface area (Å²) in [4.78, 5) is 32.5. The van der Waals surface area contributed by atoms with E-state index in [1.807, 2.05) is 55.5 Å². The fraction of sp³-hybridized carbons (Fsp3) is 0.265. The largest absolute Gasteiger partial charge is 0.493 e. The van der Waals surface area contributed by atoms with E-state index in [-0.39, 0.29) is 17.7 Å². The number of carbonyl (C=O) groups excluding carboxylic acids is 1. The van der Waals surface area contributed by atoms with Crippen LogP contribution in [0.2, 0.25) is 0 Å². The highest BCUT2D eigenvalue weighted by Gasteiger charge is 2.34. The topological polar surface area (TPSA) is 97.6 Å². The predicted octanol–water partition coefficient (Wildman–Crippen LogP) is 5.56. The van der Waals surface area contributed by atoms with Crippen LogP contribution >= 0.6 is 27.3 Å². The molecule has 1 aliphatic rings. The molecule has 0 saturated heterocycles. The standard InChI is InChI=1S/C34H33BrN2O7S/c1-6-42-26-18-23(13-14-25(26)40-4)30-29(33(39)43-7-2)20(3)36-34-37(30)32(38)28(45-34)17-22-15-24(35)31(27(16-22)41-5)44-19-21-11-9-8-10-12-21/h8-18,30H,6-7,19H2,1-5H3/b28-17-/t30-/m0/s1. The van der Waals surface area contributed by atoms with Gasteiger partial charge in [-0.05, 0) is 83.7 Å². The number of rotatable bonds is 11. The summed E-state index contributed by atoms with van der Waals surface area (Å²) in [5.41, 5.74) is 2.86. The second-order valence-electron chi connectivity index (χ2n) is 9.95. The lowest BCUT2D eigenvalue weighted by Crippen LogP contribution is -2.40. The second-order valence-corrected chi connectivity index (χ2v) is 11.8. The molecule has 0 bridgehead atoms. The lowest BCUT2D eigenvalue weighted by Gasteiger charge is -2.25. The first kappa shape index (κ1) is 32.1. The third kappa shape index (κ3) is 6.69. The number of allylic oxidation sites excluding steroid dienone is 1. The number of carbonyl (C=O) groups is 1. The van der Waals surface area contributed by atoms with Gasteiger partial charge < -0.3 is 23.7 Å². The van der Waals surface area contributed by atoms with E-state index in [2.05, 4.69) is 20.9 Å². The number of methoxy groups -OCH3 is 2. The summed E-state index contributed by atoms with van der Waals surface area (Å²) in [6.07, 6.45) is 1.78. The molecule has 2 heterocycles. The molecule has 9 nitrogen and oxygen atoms in total. The van der Waals surface area contributed by atoms with Gasteiger partial charge in [-0.15, -0.1) is 0 Å². The zero-order chi connectivity index (χ0) is 32.1. The molecule has 0 saturated carbocycles. The molecule has 0 amide bonds. The van der Waals surface area contributed by atoms with E-state index in [1.165, 1.54) is 15.9 Å². The summed E-state index contributed by atoms with van der Waals surface area (Å²) < 4.78 is 31.1. The van der Waals surface area contributed by atoms with Crippen LogP contribution in [0.15, 0.2) is 86.2 Å². The monoisotopic (exact) mass is 692 g/mol. The van der Waals surface area contributed by atoms with Crippen molar-refractivity contribution in [3.63, 3.8) is 0 Å². The molecule has 4 aromatic rings. The quantitative estimate of drug-likeness (QED) is 0.190. The fourth-order valence-electron chi connectivity index (χ4n) is 5.08. The molecule has 3 aromatic carbocycles. The normalized spacial score (nSPS) is 14.4. The summed E-state index contributed by atoms with van der Waals surface area (Å²) in [6, 6.07) is 18.1. The molecule has 234 valence electrons. The van der Waals surface area contributed by atoms with Gasteiger partial charge >= 0.3 is 5.97 Å². The second kappa shape index (κ2) is 14.2. The lowest BCUT2D eigenvalue weighted by atomic mass is 9.95. The Bertz CT molecular complexity index is 1930. The molecule has 1 aliphatic heterocycles. The predicted molar refractivity (Wildman–Crippen MR) is 176 cm³/mol. The molecule has 5 rings (SSSR count). The van der Waals surface area contributed by atoms with Crippen molar-refractivity contribution in [1.29, 1.82) is 0 Å². The van der Waals surface area contributed by atoms with Gasteiger partial charge in [0.25, 0.3) is 5.56 Å². The molecule has 11 heteroatoms. The van der Waals surface area contributed by atoms with Crippen LogP contribution in [-0.4, -0.2) is 38.0 Å². The summed E-state index contributed by atoms with van der Waals surface area (Å²) >= 11 is 4.85. The SMILES string of the molecule is CCOC(=O)C1=C(C)N=c2s/c(=C\c3cc(Br)c(OCc4ccccc4)c(OC)c3)c(=O)n2[C@H]1c1ccc(OC)c(OCC)c1. The number of hydrogen-bond acceptors (Lipinski definition) is 9. The van der Waals surface area contributed by atoms with Crippen LogP contribution in [0.5, 0.6) is 23.0 Å². The molecular formula is C34H33BrN2O7S. The average molecular weight is 694 g/mol. The van der Waals surface area contributed by atoms with Crippen molar-refractivity contribution in [3.05, 3.63) is 113 Å². The van der Waals surface area contributed by atoms with Gasteiger partial charge in [-0.1, -0.05) is 47.7 Å². The van der Waals surface area contributed by atoms with Crippen molar-refractivity contribution in [3.8, 4) is 23.0 Å². The maximum absolute atomic E-state index is 14.1. The summed E-state index contributed by atoms with van der Waals surface area (Å²) in [5, 5.41) is 0. The van der Waals surface area contributed by atoms with Crippen LogP contribution in [0.4, 0.5) is 0 Å². The van der Waals surface area contributed by atoms with Crippen molar-refractivity contribution < 1.29 is 28.5 Å². The van der Waals surface area contributed by atoms with Crippen molar-refractivity contribution in [2.45, 2.75) is 33.4 Å². The smallest absolute Gasteiger partial charge is 0.338 e. The van der Waals surface area contributed by atoms with Gasteiger partial charge in [0, 0.05) is 0 Å². The van der Waals surface area contributed by atoms with Gasteiger partial charge in [-0.2, -0.15) is 0 Å². The van der Waals surface area contributed by atoms with E-state index in [4.69, 9.17) is 23.7 Å². The number of fused-ring (bicyclic) bond motifs is 1. The Morgan fingerprint density at radius 1 is 0.978 bits per heavy atom. The summed E-state index contributed by atoms with van der Waals surface area (Å²) in [5.74, 6) is 1.58. The molecule has 1 aromatic heterocycles. The van der Waals surface area contributed by atoms with Gasteiger partial charge in [0.05, 0.1) is 53.8 Å². The van der Waals surface area contributed by atoms with E-state index in [0.717, 1.165) is 11.1 Å². The van der Waals surface area contributed by atoms with Gasteiger partial charge in [-0.3, -0.25) is 9.36 Å². The van der Waals surface area contributed by atoms with Crippen molar-refractivity contribution >= 4 is 39.3 Å². The number of thiazole rings is 1. The molecule has 0 N–H and O–H groups in total. The summed E-state index contributed by atoms with van der Waals surface area (Å²) in [7, 11) is 3.13. The molecule has 45 heavy (non-hydrogen) atoms. The highest BCUT2D eigenvalue weighted by Crippen LogP contribution is 2.38. The van der Waals surface area contributed by atoms with E-state index in [0.29, 0.717) is 61.3 Å². The molecule has 0 aliphatic carbocycles. The lowest BCUT2D eigenvalue weighted by molar-refractivity contribution is -0.139. The first-order valence-corrected chi connectivity index (χ1v) is 15.9. The molecule has 0 radical (unpaired) electrons. The van der Waals surface area contributed by atoms with Crippen LogP contribution in [0.3, 0.4) is 0 Å². The van der Waals surface area contributed by atoms with Gasteiger partial charge in [0.15, 0.2) is 27.8 Å². The first-order valence-electron chi connectivity index (χ1n) is 14.3. The Morgan fingerprint density at radius 2 is 1.73 bits per heavy atom. The van der Waals surface area contributed by atoms with Gasteiger partial charge in [-0.25, -0.2) is 9.79 Å². The highest BCUT2D eigenvalue weighted by atomic mass is 79.9. The first-order chi connectivity index (χ1) is 21.8. The van der Waals surface area contributed by atoms with Crippen molar-refractivity contribution in [1.82, 2.24) is 4.57 Å². The number of ether oxygens (including phenoxy) is 5. The number of esters is 1. The minimum absolute atomic E-state index is 0.182. The zero-order valence-corrected chi connectivity index (χ0v) is 28.0. The Labute approximate surface area is 273 Å². The van der Waals surface area contributed by atoms with E-state index < -0.39 is 12.0 Å². The number of halogens is 1. The van der Waals surface area contributed by atoms with E-state index in [1.54, 1.807) is 46.3 Å². The van der Waals surface area contributed by atoms with Crippen LogP contribution in [-0.2, 0) is 16.1 Å². The summed E-state index contributed by atoms with van der Waals surface area (Å²) in [6.45, 7) is 6.33. The van der Waals surface area contributed by atoms with E-state index >= 15 is 0 Å². The molecule has 0 fully saturated rings. The maximum atomic E-state index is 14.1. The minimum Gasteiger partial charge on any atom is -0.493 e. The van der Waals surface area contributed by atoms with Gasteiger partial charge in [0.2, 0.25) is 0 Å². The van der Waals surface area contributed by atoms with Crippen LogP contribution in [0, 0.1) is 0 Å².